The molecule has 0 unspecified atom stereocenters. The quantitative estimate of drug-likeness (QED) is 0.239. The molecule has 23 heavy (non-hydrogen) atoms. The van der Waals surface area contributed by atoms with Gasteiger partial charge in [0.2, 0.25) is 0 Å². The molecule has 0 bridgehead atoms. The second-order valence-corrected chi connectivity index (χ2v) is 8.55. The standard InChI is InChI=1S/C20H26IO2/c1-2-3-4-5-6-10-17-22-23-20-15-13-19(14-16-20)21-18-11-8-7-9-12-18/h7-9,11-16H,2-6,10,17H2,1H3/q+1. The molecule has 0 atom stereocenters. The van der Waals surface area contributed by atoms with Gasteiger partial charge in [-0.15, -0.1) is 0 Å². The van der Waals surface area contributed by atoms with Crippen LogP contribution in [0, 0.1) is 7.14 Å². The minimum absolute atomic E-state index is 0.108. The smallest absolute Gasteiger partial charge is 0.338 e. The highest BCUT2D eigenvalue weighted by atomic mass is 127. The molecule has 2 nitrogen and oxygen atoms in total. The van der Waals surface area contributed by atoms with E-state index in [1.54, 1.807) is 0 Å². The van der Waals surface area contributed by atoms with E-state index in [2.05, 4.69) is 49.4 Å². The number of unbranched alkanes of at least 4 members (excludes halogenated alkanes) is 5. The second kappa shape index (κ2) is 11.5. The van der Waals surface area contributed by atoms with Gasteiger partial charge in [0.1, 0.15) is 0 Å². The lowest BCUT2D eigenvalue weighted by molar-refractivity contribution is -0.597. The van der Waals surface area contributed by atoms with Crippen molar-refractivity contribution in [2.75, 3.05) is 6.61 Å². The van der Waals surface area contributed by atoms with E-state index in [9.17, 15) is 0 Å². The summed E-state index contributed by atoms with van der Waals surface area (Å²) < 4.78 is 2.82. The molecule has 0 amide bonds. The lowest BCUT2D eigenvalue weighted by Crippen LogP contribution is -3.61. The summed E-state index contributed by atoms with van der Waals surface area (Å²) in [5, 5.41) is 0. The number of hydrogen-bond acceptors (Lipinski definition) is 2. The summed E-state index contributed by atoms with van der Waals surface area (Å²) in [5.41, 5.74) is 0. The third-order valence-corrected chi connectivity index (χ3v) is 6.19. The van der Waals surface area contributed by atoms with Crippen LogP contribution in [-0.2, 0) is 4.89 Å². The molecule has 0 fully saturated rings. The Kier molecular flexibility index (Phi) is 9.11. The third-order valence-electron chi connectivity index (χ3n) is 3.50. The Morgan fingerprint density at radius 3 is 2.13 bits per heavy atom. The van der Waals surface area contributed by atoms with Crippen LogP contribution in [0.4, 0.5) is 0 Å². The number of rotatable bonds is 11. The Morgan fingerprint density at radius 1 is 0.739 bits per heavy atom. The molecule has 3 heteroatoms. The summed E-state index contributed by atoms with van der Waals surface area (Å²) in [6, 6.07) is 18.9. The molecule has 0 spiro atoms. The van der Waals surface area contributed by atoms with Crippen molar-refractivity contribution in [3.63, 3.8) is 0 Å². The molecular formula is C20H26IO2+. The van der Waals surface area contributed by atoms with Crippen molar-refractivity contribution in [3.05, 3.63) is 61.7 Å². The summed E-state index contributed by atoms with van der Waals surface area (Å²) in [5.74, 6) is 0.789. The van der Waals surface area contributed by atoms with Crippen molar-refractivity contribution in [1.29, 1.82) is 0 Å². The Bertz CT molecular complexity index is 525. The van der Waals surface area contributed by atoms with Gasteiger partial charge in [0, 0.05) is 0 Å². The highest BCUT2D eigenvalue weighted by Crippen LogP contribution is 2.10. The van der Waals surface area contributed by atoms with Gasteiger partial charge in [-0.05, 0) is 42.8 Å². The van der Waals surface area contributed by atoms with E-state index in [0.29, 0.717) is 6.61 Å². The van der Waals surface area contributed by atoms with Gasteiger partial charge in [-0.1, -0.05) is 57.2 Å². The largest absolute Gasteiger partial charge is 0.357 e. The molecule has 2 aromatic rings. The molecule has 0 aliphatic heterocycles. The van der Waals surface area contributed by atoms with Gasteiger partial charge in [-0.25, -0.2) is 0 Å². The normalized spacial score (nSPS) is 10.7. The van der Waals surface area contributed by atoms with Crippen LogP contribution in [0.15, 0.2) is 54.6 Å². The molecule has 0 saturated heterocycles. The van der Waals surface area contributed by atoms with Crippen LogP contribution >= 0.6 is 0 Å². The predicted molar refractivity (Wildman–Crippen MR) is 90.2 cm³/mol. The fraction of sp³-hybridized carbons (Fsp3) is 0.400. The zero-order valence-electron chi connectivity index (χ0n) is 13.8. The Labute approximate surface area is 150 Å². The Hall–Kier alpha value is -1.07. The number of halogens is 1. The molecule has 2 aromatic carbocycles. The van der Waals surface area contributed by atoms with E-state index >= 15 is 0 Å². The van der Waals surface area contributed by atoms with E-state index in [0.717, 1.165) is 12.2 Å². The molecule has 0 aliphatic rings. The third kappa shape index (κ3) is 7.84. The van der Waals surface area contributed by atoms with Crippen LogP contribution in [0.5, 0.6) is 5.75 Å². The van der Waals surface area contributed by atoms with Gasteiger partial charge >= 0.3 is 21.2 Å². The average molecular weight is 425 g/mol. The summed E-state index contributed by atoms with van der Waals surface area (Å²) >= 11 is -0.108. The van der Waals surface area contributed by atoms with Crippen LogP contribution in [0.2, 0.25) is 0 Å². The lowest BCUT2D eigenvalue weighted by Gasteiger charge is -2.04. The SMILES string of the molecule is CCCCCCCCOOc1ccc([I+]c2ccccc2)cc1. The van der Waals surface area contributed by atoms with Gasteiger partial charge in [-0.3, -0.25) is 0 Å². The van der Waals surface area contributed by atoms with Crippen molar-refractivity contribution in [3.8, 4) is 5.75 Å². The molecular weight excluding hydrogens is 399 g/mol. The molecule has 0 aliphatic carbocycles. The highest BCUT2D eigenvalue weighted by Gasteiger charge is 2.14. The first-order chi connectivity index (χ1) is 11.4. The maximum atomic E-state index is 5.35. The highest BCUT2D eigenvalue weighted by molar-refractivity contribution is 5.20. The number of hydrogen-bond donors (Lipinski definition) is 0. The summed E-state index contributed by atoms with van der Waals surface area (Å²) in [6.07, 6.45) is 7.57. The zero-order valence-corrected chi connectivity index (χ0v) is 16.0. The number of benzene rings is 2. The van der Waals surface area contributed by atoms with Gasteiger partial charge < -0.3 is 4.89 Å². The zero-order chi connectivity index (χ0) is 16.2. The van der Waals surface area contributed by atoms with Crippen molar-refractivity contribution in [1.82, 2.24) is 0 Å². The first-order valence-electron chi connectivity index (χ1n) is 8.48. The minimum atomic E-state index is -0.108. The maximum absolute atomic E-state index is 5.35. The predicted octanol–water partition coefficient (Wildman–Crippen LogP) is 2.49. The van der Waals surface area contributed by atoms with E-state index in [1.807, 2.05) is 12.1 Å². The monoisotopic (exact) mass is 425 g/mol. The molecule has 0 radical (unpaired) electrons. The molecule has 0 aromatic heterocycles. The van der Waals surface area contributed by atoms with E-state index in [-0.39, 0.29) is 21.2 Å². The topological polar surface area (TPSA) is 18.5 Å². The maximum Gasteiger partial charge on any atom is 0.357 e. The van der Waals surface area contributed by atoms with Gasteiger partial charge in [0.25, 0.3) is 0 Å². The Balaban J connectivity index is 1.61. The fourth-order valence-electron chi connectivity index (χ4n) is 2.21. The first kappa shape index (κ1) is 18.3. The summed E-state index contributed by atoms with van der Waals surface area (Å²) in [7, 11) is 0. The van der Waals surface area contributed by atoms with Crippen LogP contribution in [0.1, 0.15) is 45.4 Å². The van der Waals surface area contributed by atoms with Crippen LogP contribution in [0.25, 0.3) is 0 Å². The second-order valence-electron chi connectivity index (χ2n) is 5.52. The molecule has 0 heterocycles. The van der Waals surface area contributed by atoms with E-state index < -0.39 is 0 Å². The van der Waals surface area contributed by atoms with Crippen molar-refractivity contribution < 1.29 is 31.0 Å². The molecule has 2 rings (SSSR count). The molecule has 0 saturated carbocycles. The Morgan fingerprint density at radius 2 is 1.39 bits per heavy atom. The molecule has 124 valence electrons. The van der Waals surface area contributed by atoms with Gasteiger partial charge in [0.15, 0.2) is 12.9 Å². The first-order valence-corrected chi connectivity index (χ1v) is 10.6. The van der Waals surface area contributed by atoms with Gasteiger partial charge in [0.05, 0.1) is 6.61 Å². The van der Waals surface area contributed by atoms with Crippen molar-refractivity contribution >= 4 is 0 Å². The van der Waals surface area contributed by atoms with Gasteiger partial charge in [-0.2, -0.15) is 4.89 Å². The summed E-state index contributed by atoms with van der Waals surface area (Å²) in [4.78, 5) is 10.6. The molecule has 0 N–H and O–H groups in total. The minimum Gasteiger partial charge on any atom is -0.338 e. The van der Waals surface area contributed by atoms with Crippen LogP contribution in [-0.4, -0.2) is 6.61 Å². The van der Waals surface area contributed by atoms with E-state index in [4.69, 9.17) is 9.78 Å². The fourth-order valence-corrected chi connectivity index (χ4v) is 4.42. The lowest BCUT2D eigenvalue weighted by atomic mass is 10.1. The van der Waals surface area contributed by atoms with Crippen LogP contribution < -0.4 is 26.1 Å². The average Bonchev–Trinajstić information content (AvgIpc) is 2.60. The van der Waals surface area contributed by atoms with Crippen LogP contribution in [0.3, 0.4) is 0 Å². The van der Waals surface area contributed by atoms with Crippen molar-refractivity contribution in [2.24, 2.45) is 0 Å². The van der Waals surface area contributed by atoms with Crippen molar-refractivity contribution in [2.45, 2.75) is 45.4 Å². The van der Waals surface area contributed by atoms with E-state index in [1.165, 1.54) is 39.2 Å². The summed E-state index contributed by atoms with van der Waals surface area (Å²) in [6.45, 7) is 2.91.